The van der Waals surface area contributed by atoms with Crippen molar-refractivity contribution in [3.63, 3.8) is 0 Å². The van der Waals surface area contributed by atoms with Crippen LogP contribution in [0.4, 0.5) is 4.79 Å². The molecule has 1 saturated heterocycles. The summed E-state index contributed by atoms with van der Waals surface area (Å²) in [5, 5.41) is 14.1. The Kier molecular flexibility index (Phi) is 6.11. The van der Waals surface area contributed by atoms with E-state index in [1.807, 2.05) is 0 Å². The van der Waals surface area contributed by atoms with Crippen LogP contribution >= 0.6 is 0 Å². The van der Waals surface area contributed by atoms with Crippen molar-refractivity contribution in [1.29, 1.82) is 0 Å². The molecule has 1 unspecified atom stereocenters. The zero-order chi connectivity index (χ0) is 10.9. The SMILES string of the molecule is O=C(NCCCCCO)NC1CCCO1. The first-order valence-electron chi connectivity index (χ1n) is 5.60. The molecule has 1 atom stereocenters. The van der Waals surface area contributed by atoms with Gasteiger partial charge in [0.2, 0.25) is 0 Å². The Hall–Kier alpha value is -0.810. The van der Waals surface area contributed by atoms with Gasteiger partial charge in [0, 0.05) is 19.8 Å². The molecule has 5 nitrogen and oxygen atoms in total. The number of urea groups is 1. The quantitative estimate of drug-likeness (QED) is 0.569. The topological polar surface area (TPSA) is 70.6 Å². The van der Waals surface area contributed by atoms with Crippen LogP contribution < -0.4 is 10.6 Å². The molecule has 15 heavy (non-hydrogen) atoms. The average molecular weight is 216 g/mol. The first kappa shape index (κ1) is 12.3. The summed E-state index contributed by atoms with van der Waals surface area (Å²) < 4.78 is 5.26. The molecule has 3 N–H and O–H groups in total. The number of ether oxygens (including phenoxy) is 1. The molecule has 1 rings (SSSR count). The van der Waals surface area contributed by atoms with E-state index in [2.05, 4.69) is 10.6 Å². The van der Waals surface area contributed by atoms with Crippen molar-refractivity contribution in [2.24, 2.45) is 0 Å². The van der Waals surface area contributed by atoms with Gasteiger partial charge in [-0.05, 0) is 32.1 Å². The van der Waals surface area contributed by atoms with E-state index >= 15 is 0 Å². The van der Waals surface area contributed by atoms with Crippen molar-refractivity contribution in [3.05, 3.63) is 0 Å². The second kappa shape index (κ2) is 7.48. The highest BCUT2D eigenvalue weighted by Crippen LogP contribution is 2.08. The van der Waals surface area contributed by atoms with Gasteiger partial charge in [0.1, 0.15) is 6.23 Å². The third-order valence-corrected chi connectivity index (χ3v) is 2.34. The van der Waals surface area contributed by atoms with Gasteiger partial charge in [-0.15, -0.1) is 0 Å². The molecule has 0 radical (unpaired) electrons. The summed E-state index contributed by atoms with van der Waals surface area (Å²) in [4.78, 5) is 11.3. The van der Waals surface area contributed by atoms with Gasteiger partial charge < -0.3 is 20.5 Å². The maximum absolute atomic E-state index is 11.3. The molecule has 1 aliphatic rings. The Morgan fingerprint density at radius 3 is 2.93 bits per heavy atom. The summed E-state index contributed by atoms with van der Waals surface area (Å²) in [5.41, 5.74) is 0. The second-order valence-corrected chi connectivity index (χ2v) is 3.69. The summed E-state index contributed by atoms with van der Waals surface area (Å²) in [7, 11) is 0. The Morgan fingerprint density at radius 2 is 2.27 bits per heavy atom. The summed E-state index contributed by atoms with van der Waals surface area (Å²) >= 11 is 0. The molecule has 2 amide bonds. The van der Waals surface area contributed by atoms with E-state index in [1.54, 1.807) is 0 Å². The third-order valence-electron chi connectivity index (χ3n) is 2.34. The molecule has 1 aliphatic heterocycles. The van der Waals surface area contributed by atoms with E-state index in [-0.39, 0.29) is 18.9 Å². The molecule has 0 saturated carbocycles. The average Bonchev–Trinajstić information content (AvgIpc) is 2.70. The van der Waals surface area contributed by atoms with Gasteiger partial charge in [-0.25, -0.2) is 4.79 Å². The fourth-order valence-electron chi connectivity index (χ4n) is 1.50. The van der Waals surface area contributed by atoms with E-state index < -0.39 is 0 Å². The van der Waals surface area contributed by atoms with E-state index in [0.29, 0.717) is 6.54 Å². The third kappa shape index (κ3) is 5.59. The number of carbonyl (C=O) groups excluding carboxylic acids is 1. The Bertz CT molecular complexity index is 182. The minimum absolute atomic E-state index is 0.109. The Balaban J connectivity index is 1.93. The van der Waals surface area contributed by atoms with E-state index in [9.17, 15) is 4.79 Å². The lowest BCUT2D eigenvalue weighted by molar-refractivity contribution is 0.0907. The molecular weight excluding hydrogens is 196 g/mol. The number of nitrogens with one attached hydrogen (secondary N) is 2. The second-order valence-electron chi connectivity index (χ2n) is 3.69. The number of hydrogen-bond donors (Lipinski definition) is 3. The van der Waals surface area contributed by atoms with Crippen molar-refractivity contribution in [3.8, 4) is 0 Å². The Morgan fingerprint density at radius 1 is 1.40 bits per heavy atom. The van der Waals surface area contributed by atoms with Crippen molar-refractivity contribution < 1.29 is 14.6 Å². The van der Waals surface area contributed by atoms with E-state index in [0.717, 1.165) is 38.7 Å². The number of aliphatic hydroxyl groups excluding tert-OH is 1. The number of amides is 2. The van der Waals surface area contributed by atoms with Crippen LogP contribution in [-0.2, 0) is 4.74 Å². The number of unbranched alkanes of at least 4 members (excludes halogenated alkanes) is 2. The smallest absolute Gasteiger partial charge is 0.316 e. The van der Waals surface area contributed by atoms with Crippen molar-refractivity contribution in [1.82, 2.24) is 10.6 Å². The predicted molar refractivity (Wildman–Crippen MR) is 56.4 cm³/mol. The molecule has 0 aromatic heterocycles. The monoisotopic (exact) mass is 216 g/mol. The number of aliphatic hydroxyl groups is 1. The number of hydrogen-bond acceptors (Lipinski definition) is 3. The van der Waals surface area contributed by atoms with Crippen LogP contribution in [0.5, 0.6) is 0 Å². The van der Waals surface area contributed by atoms with Crippen LogP contribution in [0.1, 0.15) is 32.1 Å². The number of rotatable bonds is 6. The molecular formula is C10H20N2O3. The van der Waals surface area contributed by atoms with Gasteiger partial charge in [-0.1, -0.05) is 0 Å². The summed E-state index contributed by atoms with van der Waals surface area (Å²) in [6, 6.07) is -0.161. The highest BCUT2D eigenvalue weighted by atomic mass is 16.5. The highest BCUT2D eigenvalue weighted by Gasteiger charge is 2.16. The largest absolute Gasteiger partial charge is 0.396 e. The minimum atomic E-state index is -0.161. The highest BCUT2D eigenvalue weighted by molar-refractivity contribution is 5.73. The molecule has 1 heterocycles. The first-order chi connectivity index (χ1) is 7.33. The van der Waals surface area contributed by atoms with Crippen LogP contribution in [0.25, 0.3) is 0 Å². The van der Waals surface area contributed by atoms with Crippen LogP contribution in [-0.4, -0.2) is 37.1 Å². The summed E-state index contributed by atoms with van der Waals surface area (Å²) in [6.07, 6.45) is 4.45. The van der Waals surface area contributed by atoms with Gasteiger partial charge in [-0.2, -0.15) is 0 Å². The number of carbonyl (C=O) groups is 1. The molecule has 5 heteroatoms. The maximum atomic E-state index is 11.3. The van der Waals surface area contributed by atoms with Crippen molar-refractivity contribution >= 4 is 6.03 Å². The fourth-order valence-corrected chi connectivity index (χ4v) is 1.50. The molecule has 0 aromatic rings. The maximum Gasteiger partial charge on any atom is 0.316 e. The Labute approximate surface area is 90.2 Å². The van der Waals surface area contributed by atoms with Gasteiger partial charge in [0.05, 0.1) is 0 Å². The van der Waals surface area contributed by atoms with Crippen molar-refractivity contribution in [2.75, 3.05) is 19.8 Å². The molecule has 0 aliphatic carbocycles. The predicted octanol–water partition coefficient (Wildman–Crippen LogP) is 0.585. The minimum Gasteiger partial charge on any atom is -0.396 e. The van der Waals surface area contributed by atoms with Crippen LogP contribution in [0.2, 0.25) is 0 Å². The molecule has 0 spiro atoms. The molecule has 0 bridgehead atoms. The lowest BCUT2D eigenvalue weighted by Crippen LogP contribution is -2.42. The summed E-state index contributed by atoms with van der Waals surface area (Å²) in [5.74, 6) is 0. The van der Waals surface area contributed by atoms with E-state index in [4.69, 9.17) is 9.84 Å². The standard InChI is InChI=1S/C10H20N2O3/c13-7-3-1-2-6-11-10(14)12-9-5-4-8-15-9/h9,13H,1-8H2,(H2,11,12,14). The molecule has 88 valence electrons. The normalized spacial score (nSPS) is 20.2. The zero-order valence-electron chi connectivity index (χ0n) is 9.00. The first-order valence-corrected chi connectivity index (χ1v) is 5.60. The van der Waals surface area contributed by atoms with Crippen molar-refractivity contribution in [2.45, 2.75) is 38.3 Å². The molecule has 1 fully saturated rings. The fraction of sp³-hybridized carbons (Fsp3) is 0.900. The lowest BCUT2D eigenvalue weighted by atomic mass is 10.2. The zero-order valence-corrected chi connectivity index (χ0v) is 9.00. The molecule has 0 aromatic carbocycles. The van der Waals surface area contributed by atoms with Gasteiger partial charge in [0.15, 0.2) is 0 Å². The van der Waals surface area contributed by atoms with Crippen LogP contribution in [0.3, 0.4) is 0 Å². The lowest BCUT2D eigenvalue weighted by Gasteiger charge is -2.12. The van der Waals surface area contributed by atoms with Gasteiger partial charge >= 0.3 is 6.03 Å². The van der Waals surface area contributed by atoms with Gasteiger partial charge in [0.25, 0.3) is 0 Å². The van der Waals surface area contributed by atoms with Crippen LogP contribution in [0.15, 0.2) is 0 Å². The van der Waals surface area contributed by atoms with Gasteiger partial charge in [-0.3, -0.25) is 0 Å². The van der Waals surface area contributed by atoms with E-state index in [1.165, 1.54) is 0 Å². The van der Waals surface area contributed by atoms with Crippen LogP contribution in [0, 0.1) is 0 Å². The summed E-state index contributed by atoms with van der Waals surface area (Å²) in [6.45, 7) is 1.61.